The Bertz CT molecular complexity index is 789. The highest BCUT2D eigenvalue weighted by molar-refractivity contribution is 6.43. The van der Waals surface area contributed by atoms with Crippen LogP contribution in [-0.2, 0) is 4.74 Å². The molecular formula is C14H17Cl2N9O. The van der Waals surface area contributed by atoms with Gasteiger partial charge in [-0.05, 0) is 6.07 Å². The van der Waals surface area contributed by atoms with Gasteiger partial charge in [-0.15, -0.1) is 20.8 Å². The van der Waals surface area contributed by atoms with E-state index in [4.69, 9.17) is 33.7 Å². The van der Waals surface area contributed by atoms with E-state index >= 15 is 0 Å². The number of aromatic nitrogens is 3. The van der Waals surface area contributed by atoms with E-state index in [0.717, 1.165) is 0 Å². The monoisotopic (exact) mass is 397 g/mol. The van der Waals surface area contributed by atoms with E-state index in [9.17, 15) is 0 Å². The van der Waals surface area contributed by atoms with Crippen molar-refractivity contribution >= 4 is 41.3 Å². The van der Waals surface area contributed by atoms with Crippen LogP contribution in [-0.4, -0.2) is 52.9 Å². The Morgan fingerprint density at radius 3 is 2.88 bits per heavy atom. The van der Waals surface area contributed by atoms with Gasteiger partial charge in [-0.2, -0.15) is 4.98 Å². The highest BCUT2D eigenvalue weighted by Crippen LogP contribution is 2.34. The second-order valence-corrected chi connectivity index (χ2v) is 5.92. The quantitative estimate of drug-likeness (QED) is 0.484. The normalized spacial score (nSPS) is 13.1. The summed E-state index contributed by atoms with van der Waals surface area (Å²) in [5.74, 6) is 0.515. The van der Waals surface area contributed by atoms with Crippen molar-refractivity contribution in [2.45, 2.75) is 0 Å². The maximum atomic E-state index is 6.18. The number of nitrogens with zero attached hydrogens (tertiary/aromatic N) is 5. The van der Waals surface area contributed by atoms with Crippen LogP contribution in [0.1, 0.15) is 0 Å². The number of nitrogens with two attached hydrogens (primary N) is 1. The van der Waals surface area contributed by atoms with Crippen LogP contribution >= 0.6 is 23.2 Å². The van der Waals surface area contributed by atoms with Gasteiger partial charge >= 0.3 is 0 Å². The summed E-state index contributed by atoms with van der Waals surface area (Å²) in [6.07, 6.45) is 1.55. The van der Waals surface area contributed by atoms with Crippen LogP contribution in [0.25, 0.3) is 11.3 Å². The van der Waals surface area contributed by atoms with Crippen LogP contribution in [0.5, 0.6) is 0 Å². The number of nitrogen functional groups attached to an aromatic ring is 1. The molecule has 1 aliphatic rings. The minimum absolute atomic E-state index is 0.207. The van der Waals surface area contributed by atoms with Crippen molar-refractivity contribution in [3.63, 3.8) is 0 Å². The Morgan fingerprint density at radius 2 is 2.12 bits per heavy atom. The maximum absolute atomic E-state index is 6.18. The molecule has 2 heterocycles. The van der Waals surface area contributed by atoms with Gasteiger partial charge in [-0.25, -0.2) is 5.12 Å². The summed E-state index contributed by atoms with van der Waals surface area (Å²) in [6.45, 7) is 2.11. The van der Waals surface area contributed by atoms with Crippen LogP contribution in [0.2, 0.25) is 10.0 Å². The first-order valence-corrected chi connectivity index (χ1v) is 8.48. The molecule has 0 atom stereocenters. The highest BCUT2D eigenvalue weighted by Gasteiger charge is 2.13. The third kappa shape index (κ3) is 4.61. The lowest BCUT2D eigenvalue weighted by Crippen LogP contribution is -2.38. The number of hydrazone groups is 1. The number of nitrogens with one attached hydrogen (secondary N) is 3. The van der Waals surface area contributed by atoms with E-state index in [1.807, 2.05) is 0 Å². The van der Waals surface area contributed by atoms with Crippen molar-refractivity contribution in [2.75, 3.05) is 37.4 Å². The molecule has 5 N–H and O–H groups in total. The van der Waals surface area contributed by atoms with Gasteiger partial charge in [0, 0.05) is 12.1 Å². The molecule has 1 aromatic carbocycles. The van der Waals surface area contributed by atoms with Gasteiger partial charge in [-0.3, -0.25) is 5.43 Å². The van der Waals surface area contributed by atoms with Crippen molar-refractivity contribution < 1.29 is 4.74 Å². The summed E-state index contributed by atoms with van der Waals surface area (Å²) in [5.41, 5.74) is 12.5. The zero-order valence-corrected chi connectivity index (χ0v) is 15.1. The molecule has 1 aliphatic heterocycles. The third-order valence-corrected chi connectivity index (χ3v) is 4.17. The fourth-order valence-electron chi connectivity index (χ4n) is 2.12. The topological polar surface area (TPSA) is 126 Å². The average molecular weight is 398 g/mol. The average Bonchev–Trinajstić information content (AvgIpc) is 3.14. The second kappa shape index (κ2) is 8.81. The number of rotatable bonds is 8. The van der Waals surface area contributed by atoms with Gasteiger partial charge in [0.2, 0.25) is 5.95 Å². The van der Waals surface area contributed by atoms with Crippen LogP contribution in [0.15, 0.2) is 23.3 Å². The molecule has 2 aromatic rings. The fourth-order valence-corrected chi connectivity index (χ4v) is 2.51. The molecule has 138 valence electrons. The third-order valence-electron chi connectivity index (χ3n) is 3.35. The molecule has 0 saturated carbocycles. The lowest BCUT2D eigenvalue weighted by Gasteiger charge is -2.13. The van der Waals surface area contributed by atoms with Crippen LogP contribution in [0, 0.1) is 0 Å². The standard InChI is InChI=1S/C14H17Cl2N9O/c15-10-3-1-2-9(11(10)16)12-13(17)21-14(23-22-12)18-4-6-26-7-5-25-20-8-19-24-25/h1-3,8,24H,4-7H2,(H,19,20)(H3,17,18,21,23). The van der Waals surface area contributed by atoms with Crippen molar-refractivity contribution in [1.29, 1.82) is 0 Å². The van der Waals surface area contributed by atoms with E-state index in [1.54, 1.807) is 29.7 Å². The molecular weight excluding hydrogens is 381 g/mol. The molecule has 0 fully saturated rings. The number of halogens is 2. The lowest BCUT2D eigenvalue weighted by atomic mass is 10.1. The molecule has 0 unspecified atom stereocenters. The van der Waals surface area contributed by atoms with E-state index in [1.165, 1.54) is 0 Å². The largest absolute Gasteiger partial charge is 0.382 e. The van der Waals surface area contributed by atoms with E-state index in [-0.39, 0.29) is 5.82 Å². The van der Waals surface area contributed by atoms with Crippen molar-refractivity contribution in [2.24, 2.45) is 5.10 Å². The van der Waals surface area contributed by atoms with Gasteiger partial charge in [0.25, 0.3) is 0 Å². The molecule has 0 radical (unpaired) electrons. The minimum atomic E-state index is 0.207. The number of hydrogen-bond acceptors (Lipinski definition) is 10. The molecule has 26 heavy (non-hydrogen) atoms. The maximum Gasteiger partial charge on any atom is 0.244 e. The van der Waals surface area contributed by atoms with Crippen molar-refractivity contribution in [3.8, 4) is 11.3 Å². The highest BCUT2D eigenvalue weighted by atomic mass is 35.5. The molecule has 0 spiro atoms. The van der Waals surface area contributed by atoms with Crippen LogP contribution in [0.4, 0.5) is 11.8 Å². The lowest BCUT2D eigenvalue weighted by molar-refractivity contribution is 0.0928. The first-order chi connectivity index (χ1) is 12.6. The number of ether oxygens (including phenoxy) is 1. The Labute approximate surface area is 159 Å². The molecule has 3 rings (SSSR count). The summed E-state index contributed by atoms with van der Waals surface area (Å²) >= 11 is 12.2. The molecule has 12 heteroatoms. The zero-order chi connectivity index (χ0) is 18.4. The number of benzene rings is 1. The van der Waals surface area contributed by atoms with Gasteiger partial charge in [0.1, 0.15) is 12.0 Å². The first kappa shape index (κ1) is 18.4. The van der Waals surface area contributed by atoms with E-state index in [2.05, 4.69) is 36.6 Å². The van der Waals surface area contributed by atoms with Crippen molar-refractivity contribution in [1.82, 2.24) is 31.3 Å². The SMILES string of the molecule is Nc1nc(NCCOCCN2N=CNN2)nnc1-c1cccc(Cl)c1Cl. The summed E-state index contributed by atoms with van der Waals surface area (Å²) in [6, 6.07) is 5.20. The predicted octanol–water partition coefficient (Wildman–Crippen LogP) is 1.12. The van der Waals surface area contributed by atoms with E-state index < -0.39 is 0 Å². The number of hydrazine groups is 2. The number of anilines is 2. The van der Waals surface area contributed by atoms with E-state index in [0.29, 0.717) is 53.6 Å². The molecule has 0 saturated heterocycles. The molecule has 10 nitrogen and oxygen atoms in total. The Kier molecular flexibility index (Phi) is 6.23. The van der Waals surface area contributed by atoms with Gasteiger partial charge < -0.3 is 15.8 Å². The van der Waals surface area contributed by atoms with Crippen LogP contribution < -0.4 is 22.0 Å². The fraction of sp³-hybridized carbons (Fsp3) is 0.286. The smallest absolute Gasteiger partial charge is 0.244 e. The molecule has 0 aliphatic carbocycles. The van der Waals surface area contributed by atoms with Gasteiger partial charge in [-0.1, -0.05) is 35.3 Å². The summed E-state index contributed by atoms with van der Waals surface area (Å²) in [4.78, 5) is 4.19. The molecule has 0 amide bonds. The zero-order valence-electron chi connectivity index (χ0n) is 13.6. The summed E-state index contributed by atoms with van der Waals surface area (Å²) in [5, 5.41) is 17.5. The minimum Gasteiger partial charge on any atom is -0.382 e. The predicted molar refractivity (Wildman–Crippen MR) is 100 cm³/mol. The van der Waals surface area contributed by atoms with Gasteiger partial charge in [0.15, 0.2) is 5.82 Å². The van der Waals surface area contributed by atoms with Gasteiger partial charge in [0.05, 0.1) is 29.8 Å². The Morgan fingerprint density at radius 1 is 1.23 bits per heavy atom. The van der Waals surface area contributed by atoms with Crippen molar-refractivity contribution in [3.05, 3.63) is 28.2 Å². The molecule has 0 bridgehead atoms. The van der Waals surface area contributed by atoms with Crippen LogP contribution in [0.3, 0.4) is 0 Å². The summed E-state index contributed by atoms with van der Waals surface area (Å²) in [7, 11) is 0. The summed E-state index contributed by atoms with van der Waals surface area (Å²) < 4.78 is 5.48. The number of hydrogen-bond donors (Lipinski definition) is 4. The molecule has 1 aromatic heterocycles. The Balaban J connectivity index is 1.48. The Hall–Kier alpha value is -2.40. The second-order valence-electron chi connectivity index (χ2n) is 5.13. The first-order valence-electron chi connectivity index (χ1n) is 7.72.